The van der Waals surface area contributed by atoms with Crippen LogP contribution >= 0.6 is 0 Å². The third-order valence-electron chi connectivity index (χ3n) is 4.21. The van der Waals surface area contributed by atoms with Gasteiger partial charge in [-0.2, -0.15) is 0 Å². The van der Waals surface area contributed by atoms with Crippen LogP contribution in [0.1, 0.15) is 54.9 Å². The lowest BCUT2D eigenvalue weighted by Crippen LogP contribution is -2.51. The number of carbonyl (C=O) groups excluding carboxylic acids is 2. The molecule has 0 unspecified atom stereocenters. The molecule has 0 aliphatic heterocycles. The Labute approximate surface area is 106 Å². The molecule has 0 saturated carbocycles. The molecule has 0 aromatic rings. The third-order valence-corrected chi connectivity index (χ3v) is 4.21. The van der Waals surface area contributed by atoms with Crippen LogP contribution in [0.2, 0.25) is 0 Å². The Morgan fingerprint density at radius 3 is 1.76 bits per heavy atom. The zero-order chi connectivity index (χ0) is 14.0. The minimum absolute atomic E-state index is 0.0271. The summed E-state index contributed by atoms with van der Waals surface area (Å²) in [5, 5.41) is 0. The molecule has 0 bridgehead atoms. The van der Waals surface area contributed by atoms with Crippen molar-refractivity contribution in [3.63, 3.8) is 0 Å². The van der Waals surface area contributed by atoms with E-state index in [9.17, 15) is 9.59 Å². The van der Waals surface area contributed by atoms with Gasteiger partial charge in [0.05, 0.1) is 5.41 Å². The molecule has 0 heterocycles. The molecule has 3 heteroatoms. The van der Waals surface area contributed by atoms with Gasteiger partial charge in [-0.05, 0) is 13.8 Å². The second-order valence-corrected chi connectivity index (χ2v) is 6.04. The third kappa shape index (κ3) is 2.88. The second-order valence-electron chi connectivity index (χ2n) is 6.04. The first kappa shape index (κ1) is 16.1. The van der Waals surface area contributed by atoms with Crippen LogP contribution in [-0.2, 0) is 9.59 Å². The Kier molecular flexibility index (Phi) is 4.93. The summed E-state index contributed by atoms with van der Waals surface area (Å²) >= 11 is 0. The fourth-order valence-electron chi connectivity index (χ4n) is 1.73. The number of hydrogen-bond donors (Lipinski definition) is 0. The Morgan fingerprint density at radius 2 is 1.47 bits per heavy atom. The average Bonchev–Trinajstić information content (AvgIpc) is 2.24. The number of rotatable bonds is 5. The lowest BCUT2D eigenvalue weighted by Gasteiger charge is -2.42. The van der Waals surface area contributed by atoms with E-state index in [-0.39, 0.29) is 17.7 Å². The number of carbonyl (C=O) groups is 2. The monoisotopic (exact) mass is 241 g/mol. The van der Waals surface area contributed by atoms with Gasteiger partial charge in [0.2, 0.25) is 5.91 Å². The van der Waals surface area contributed by atoms with Gasteiger partial charge < -0.3 is 4.90 Å². The Morgan fingerprint density at radius 1 is 1.06 bits per heavy atom. The number of amides is 1. The first-order valence-electron chi connectivity index (χ1n) is 6.30. The summed E-state index contributed by atoms with van der Waals surface area (Å²) in [5.41, 5.74) is -1.32. The highest BCUT2D eigenvalue weighted by molar-refractivity contribution is 5.93. The van der Waals surface area contributed by atoms with Gasteiger partial charge in [-0.25, -0.2) is 0 Å². The minimum atomic E-state index is -0.681. The van der Waals surface area contributed by atoms with E-state index in [1.807, 2.05) is 48.5 Å². The molecule has 0 saturated heterocycles. The van der Waals surface area contributed by atoms with E-state index in [4.69, 9.17) is 0 Å². The highest BCUT2D eigenvalue weighted by atomic mass is 16.2. The first-order valence-corrected chi connectivity index (χ1v) is 6.30. The van der Waals surface area contributed by atoms with Gasteiger partial charge in [-0.15, -0.1) is 0 Å². The van der Waals surface area contributed by atoms with E-state index in [1.54, 1.807) is 11.9 Å². The quantitative estimate of drug-likeness (QED) is 0.742. The van der Waals surface area contributed by atoms with Crippen LogP contribution in [0.5, 0.6) is 0 Å². The molecule has 0 aliphatic rings. The van der Waals surface area contributed by atoms with E-state index in [0.29, 0.717) is 6.42 Å². The summed E-state index contributed by atoms with van der Waals surface area (Å²) in [6.45, 7) is 13.3. The maximum Gasteiger partial charge on any atom is 0.229 e. The molecular weight excluding hydrogens is 214 g/mol. The van der Waals surface area contributed by atoms with Crippen molar-refractivity contribution in [1.29, 1.82) is 0 Å². The molecule has 3 nitrogen and oxygen atoms in total. The van der Waals surface area contributed by atoms with Gasteiger partial charge in [0.25, 0.3) is 0 Å². The van der Waals surface area contributed by atoms with E-state index in [0.717, 1.165) is 0 Å². The van der Waals surface area contributed by atoms with E-state index >= 15 is 0 Å². The lowest BCUT2D eigenvalue weighted by molar-refractivity contribution is -0.153. The predicted molar refractivity (Wildman–Crippen MR) is 70.8 cm³/mol. The lowest BCUT2D eigenvalue weighted by atomic mass is 9.64. The maximum absolute atomic E-state index is 12.4. The molecule has 1 amide bonds. The smallest absolute Gasteiger partial charge is 0.229 e. The van der Waals surface area contributed by atoms with E-state index < -0.39 is 10.8 Å². The van der Waals surface area contributed by atoms with Crippen molar-refractivity contribution in [3.05, 3.63) is 0 Å². The Hall–Kier alpha value is -0.860. The zero-order valence-corrected chi connectivity index (χ0v) is 12.5. The molecule has 0 atom stereocenters. The van der Waals surface area contributed by atoms with Gasteiger partial charge >= 0.3 is 0 Å². The van der Waals surface area contributed by atoms with Gasteiger partial charge in [0, 0.05) is 24.9 Å². The maximum atomic E-state index is 12.4. The molecule has 0 N–H and O–H groups in total. The molecule has 0 fully saturated rings. The molecule has 0 aromatic carbocycles. The van der Waals surface area contributed by atoms with Gasteiger partial charge in [0.1, 0.15) is 5.78 Å². The van der Waals surface area contributed by atoms with Crippen molar-refractivity contribution in [2.75, 3.05) is 7.05 Å². The largest absolute Gasteiger partial charge is 0.343 e. The fraction of sp³-hybridized carbons (Fsp3) is 0.857. The van der Waals surface area contributed by atoms with Crippen LogP contribution in [0.3, 0.4) is 0 Å². The van der Waals surface area contributed by atoms with E-state index in [1.165, 1.54) is 0 Å². The molecule has 0 aromatic heterocycles. The van der Waals surface area contributed by atoms with Gasteiger partial charge in [0.15, 0.2) is 0 Å². The van der Waals surface area contributed by atoms with Crippen molar-refractivity contribution in [2.45, 2.75) is 60.9 Å². The normalized spacial score (nSPS) is 12.8. The van der Waals surface area contributed by atoms with Crippen molar-refractivity contribution in [3.8, 4) is 0 Å². The Bertz CT molecular complexity index is 303. The average molecular weight is 241 g/mol. The minimum Gasteiger partial charge on any atom is -0.343 e. The van der Waals surface area contributed by atoms with E-state index in [2.05, 4.69) is 0 Å². The Balaban J connectivity index is 5.26. The van der Waals surface area contributed by atoms with Crippen molar-refractivity contribution in [2.24, 2.45) is 10.8 Å². The predicted octanol–water partition coefficient (Wildman–Crippen LogP) is 2.88. The van der Waals surface area contributed by atoms with Crippen LogP contribution in [0, 0.1) is 10.8 Å². The van der Waals surface area contributed by atoms with Crippen molar-refractivity contribution < 1.29 is 9.59 Å². The van der Waals surface area contributed by atoms with Crippen molar-refractivity contribution >= 4 is 11.7 Å². The second kappa shape index (κ2) is 5.19. The first-order chi connectivity index (χ1) is 7.50. The highest BCUT2D eigenvalue weighted by Gasteiger charge is 2.48. The molecule has 100 valence electrons. The topological polar surface area (TPSA) is 37.4 Å². The standard InChI is InChI=1S/C14H27NO2/c1-9-11(16)13(4,5)14(6,7)12(17)15(8)10(2)3/h10H,9H2,1-8H3. The van der Waals surface area contributed by atoms with Crippen LogP contribution in [0.25, 0.3) is 0 Å². The van der Waals surface area contributed by atoms with Crippen LogP contribution < -0.4 is 0 Å². The van der Waals surface area contributed by atoms with Crippen LogP contribution in [-0.4, -0.2) is 29.7 Å². The summed E-state index contributed by atoms with van der Waals surface area (Å²) in [6.07, 6.45) is 0.467. The molecule has 0 radical (unpaired) electrons. The number of ketones is 1. The van der Waals surface area contributed by atoms with Gasteiger partial charge in [-0.3, -0.25) is 9.59 Å². The number of nitrogens with zero attached hydrogens (tertiary/aromatic N) is 1. The summed E-state index contributed by atoms with van der Waals surface area (Å²) in [5.74, 6) is 0.160. The van der Waals surface area contributed by atoms with Crippen LogP contribution in [0.4, 0.5) is 0 Å². The molecule has 0 aliphatic carbocycles. The number of hydrogen-bond acceptors (Lipinski definition) is 2. The summed E-state index contributed by atoms with van der Waals surface area (Å²) in [7, 11) is 1.79. The summed E-state index contributed by atoms with van der Waals surface area (Å²) < 4.78 is 0. The van der Waals surface area contributed by atoms with Gasteiger partial charge in [-0.1, -0.05) is 34.6 Å². The molecule has 17 heavy (non-hydrogen) atoms. The summed E-state index contributed by atoms with van der Waals surface area (Å²) in [6, 6.07) is 0.148. The highest BCUT2D eigenvalue weighted by Crippen LogP contribution is 2.41. The zero-order valence-electron chi connectivity index (χ0n) is 12.5. The molecule has 0 rings (SSSR count). The molecule has 0 spiro atoms. The fourth-order valence-corrected chi connectivity index (χ4v) is 1.73. The van der Waals surface area contributed by atoms with Crippen LogP contribution in [0.15, 0.2) is 0 Å². The SMILES string of the molecule is CCC(=O)C(C)(C)C(C)(C)C(=O)N(C)C(C)C. The molecular formula is C14H27NO2. The summed E-state index contributed by atoms with van der Waals surface area (Å²) in [4.78, 5) is 26.2. The van der Waals surface area contributed by atoms with Crippen molar-refractivity contribution in [1.82, 2.24) is 4.90 Å². The number of Topliss-reactive ketones (excluding diaryl/α,β-unsaturated/α-hetero) is 1.